The van der Waals surface area contributed by atoms with Crippen molar-refractivity contribution in [2.45, 2.75) is 26.8 Å². The molecule has 142 valence electrons. The van der Waals surface area contributed by atoms with Crippen molar-refractivity contribution < 1.29 is 14.3 Å². The molecule has 0 radical (unpaired) electrons. The summed E-state index contributed by atoms with van der Waals surface area (Å²) in [5, 5.41) is 5.64. The Morgan fingerprint density at radius 3 is 2.59 bits per heavy atom. The molecule has 0 aliphatic carbocycles. The van der Waals surface area contributed by atoms with E-state index >= 15 is 0 Å². The van der Waals surface area contributed by atoms with E-state index in [1.54, 1.807) is 19.2 Å². The van der Waals surface area contributed by atoms with Crippen LogP contribution in [0, 0.1) is 5.92 Å². The van der Waals surface area contributed by atoms with Gasteiger partial charge < -0.3 is 20.3 Å². The predicted octanol–water partition coefficient (Wildman–Crippen LogP) is 3.88. The van der Waals surface area contributed by atoms with Crippen molar-refractivity contribution in [3.05, 3.63) is 53.6 Å². The standard InChI is InChI=1S/C21H25N3O3/c1-14(2)20(25)24-11-10-15-8-9-17(12-16(15)13-24)22-21(26)23-18-6-4-5-7-19(18)27-3/h4-9,12,14H,10-11,13H2,1-3H3,(H2,22,23,26). The normalized spacial score (nSPS) is 13.1. The molecular weight excluding hydrogens is 342 g/mol. The number of nitrogens with zero attached hydrogens (tertiary/aromatic N) is 1. The molecule has 1 heterocycles. The molecule has 3 rings (SSSR count). The number of para-hydroxylation sites is 2. The molecule has 2 N–H and O–H groups in total. The van der Waals surface area contributed by atoms with Crippen LogP contribution in [0.1, 0.15) is 25.0 Å². The van der Waals surface area contributed by atoms with Crippen LogP contribution in [-0.2, 0) is 17.8 Å². The van der Waals surface area contributed by atoms with Crippen molar-refractivity contribution in [2.24, 2.45) is 5.92 Å². The first-order chi connectivity index (χ1) is 13.0. The lowest BCUT2D eigenvalue weighted by Crippen LogP contribution is -2.38. The van der Waals surface area contributed by atoms with Crippen molar-refractivity contribution >= 4 is 23.3 Å². The van der Waals surface area contributed by atoms with E-state index in [1.807, 2.05) is 49.1 Å². The van der Waals surface area contributed by atoms with Crippen LogP contribution in [0.5, 0.6) is 5.75 Å². The van der Waals surface area contributed by atoms with Crippen LogP contribution in [0.15, 0.2) is 42.5 Å². The van der Waals surface area contributed by atoms with E-state index in [0.717, 1.165) is 18.5 Å². The third-order valence-corrected chi connectivity index (χ3v) is 4.64. The van der Waals surface area contributed by atoms with E-state index in [1.165, 1.54) is 5.56 Å². The molecule has 6 heteroatoms. The van der Waals surface area contributed by atoms with Gasteiger partial charge in [-0.3, -0.25) is 4.79 Å². The van der Waals surface area contributed by atoms with E-state index < -0.39 is 0 Å². The molecule has 0 spiro atoms. The number of hydrogen-bond acceptors (Lipinski definition) is 3. The van der Waals surface area contributed by atoms with Crippen molar-refractivity contribution in [1.82, 2.24) is 4.90 Å². The van der Waals surface area contributed by atoms with Gasteiger partial charge in [-0.1, -0.05) is 32.0 Å². The van der Waals surface area contributed by atoms with Gasteiger partial charge >= 0.3 is 6.03 Å². The second-order valence-corrected chi connectivity index (χ2v) is 6.93. The minimum atomic E-state index is -0.342. The Bertz CT molecular complexity index is 848. The number of hydrogen-bond donors (Lipinski definition) is 2. The lowest BCUT2D eigenvalue weighted by molar-refractivity contribution is -0.135. The molecule has 0 bridgehead atoms. The quantitative estimate of drug-likeness (QED) is 0.861. The third-order valence-electron chi connectivity index (χ3n) is 4.64. The Hall–Kier alpha value is -3.02. The molecule has 0 fully saturated rings. The van der Waals surface area contributed by atoms with Gasteiger partial charge in [0.2, 0.25) is 5.91 Å². The summed E-state index contributed by atoms with van der Waals surface area (Å²) in [7, 11) is 1.56. The summed E-state index contributed by atoms with van der Waals surface area (Å²) in [5.74, 6) is 0.744. The molecule has 6 nitrogen and oxygen atoms in total. The summed E-state index contributed by atoms with van der Waals surface area (Å²) in [6.45, 7) is 5.15. The number of rotatable bonds is 4. The minimum absolute atomic E-state index is 0.0144. The maximum absolute atomic E-state index is 12.3. The second-order valence-electron chi connectivity index (χ2n) is 6.93. The van der Waals surface area contributed by atoms with Gasteiger partial charge in [0.05, 0.1) is 12.8 Å². The summed E-state index contributed by atoms with van der Waals surface area (Å²) in [5.41, 5.74) is 3.59. The van der Waals surface area contributed by atoms with Crippen LogP contribution in [0.2, 0.25) is 0 Å². The van der Waals surface area contributed by atoms with Crippen LogP contribution in [0.25, 0.3) is 0 Å². The van der Waals surface area contributed by atoms with Gasteiger partial charge in [-0.15, -0.1) is 0 Å². The number of fused-ring (bicyclic) bond motifs is 1. The Balaban J connectivity index is 1.69. The molecule has 0 atom stereocenters. The van der Waals surface area contributed by atoms with Crippen LogP contribution in [-0.4, -0.2) is 30.5 Å². The summed E-state index contributed by atoms with van der Waals surface area (Å²) in [6, 6.07) is 12.7. The maximum atomic E-state index is 12.3. The highest BCUT2D eigenvalue weighted by Gasteiger charge is 2.22. The van der Waals surface area contributed by atoms with Crippen LogP contribution < -0.4 is 15.4 Å². The first-order valence-corrected chi connectivity index (χ1v) is 9.09. The highest BCUT2D eigenvalue weighted by atomic mass is 16.5. The lowest BCUT2D eigenvalue weighted by atomic mass is 9.98. The van der Waals surface area contributed by atoms with Crippen molar-refractivity contribution in [2.75, 3.05) is 24.3 Å². The number of nitrogens with one attached hydrogen (secondary N) is 2. The average molecular weight is 367 g/mol. The fourth-order valence-corrected chi connectivity index (χ4v) is 3.22. The largest absolute Gasteiger partial charge is 0.495 e. The van der Waals surface area contributed by atoms with Gasteiger partial charge in [-0.2, -0.15) is 0 Å². The Kier molecular flexibility index (Phi) is 5.64. The highest BCUT2D eigenvalue weighted by molar-refractivity contribution is 6.00. The predicted molar refractivity (Wildman–Crippen MR) is 106 cm³/mol. The van der Waals surface area contributed by atoms with Crippen molar-refractivity contribution in [3.63, 3.8) is 0 Å². The summed E-state index contributed by atoms with van der Waals surface area (Å²) in [4.78, 5) is 26.5. The number of ether oxygens (including phenoxy) is 1. The molecule has 0 saturated carbocycles. The zero-order valence-corrected chi connectivity index (χ0v) is 15.9. The number of methoxy groups -OCH3 is 1. The average Bonchev–Trinajstić information content (AvgIpc) is 2.67. The van der Waals surface area contributed by atoms with Crippen LogP contribution in [0.3, 0.4) is 0 Å². The minimum Gasteiger partial charge on any atom is -0.495 e. The van der Waals surface area contributed by atoms with Crippen molar-refractivity contribution in [3.8, 4) is 5.75 Å². The van der Waals surface area contributed by atoms with Crippen molar-refractivity contribution in [1.29, 1.82) is 0 Å². The molecule has 3 amide bonds. The lowest BCUT2D eigenvalue weighted by Gasteiger charge is -2.30. The molecule has 1 aliphatic rings. The second kappa shape index (κ2) is 8.12. The molecule has 0 aromatic heterocycles. The Labute approximate surface area is 159 Å². The molecule has 27 heavy (non-hydrogen) atoms. The summed E-state index contributed by atoms with van der Waals surface area (Å²) < 4.78 is 5.24. The van der Waals surface area contributed by atoms with Crippen LogP contribution in [0.4, 0.5) is 16.2 Å². The first-order valence-electron chi connectivity index (χ1n) is 9.09. The van der Waals surface area contributed by atoms with Gasteiger partial charge in [0.1, 0.15) is 5.75 Å². The molecule has 2 aromatic rings. The number of carbonyl (C=O) groups is 2. The summed E-state index contributed by atoms with van der Waals surface area (Å²) >= 11 is 0. The molecule has 0 unspecified atom stereocenters. The van der Waals surface area contributed by atoms with Crippen LogP contribution >= 0.6 is 0 Å². The summed E-state index contributed by atoms with van der Waals surface area (Å²) in [6.07, 6.45) is 0.835. The Morgan fingerprint density at radius 1 is 1.07 bits per heavy atom. The number of amides is 3. The van der Waals surface area contributed by atoms with E-state index in [-0.39, 0.29) is 17.9 Å². The van der Waals surface area contributed by atoms with E-state index in [2.05, 4.69) is 10.6 Å². The Morgan fingerprint density at radius 2 is 1.85 bits per heavy atom. The third kappa shape index (κ3) is 4.39. The maximum Gasteiger partial charge on any atom is 0.323 e. The fourth-order valence-electron chi connectivity index (χ4n) is 3.22. The SMILES string of the molecule is COc1ccccc1NC(=O)Nc1ccc2c(c1)CN(C(=O)C(C)C)CC2. The van der Waals surface area contributed by atoms with Gasteiger partial charge in [0.15, 0.2) is 0 Å². The molecule has 2 aromatic carbocycles. The van der Waals surface area contributed by atoms with Gasteiger partial charge in [-0.05, 0) is 41.8 Å². The zero-order valence-electron chi connectivity index (χ0n) is 15.9. The molecule has 1 aliphatic heterocycles. The van der Waals surface area contributed by atoms with E-state index in [4.69, 9.17) is 4.74 Å². The van der Waals surface area contributed by atoms with E-state index in [0.29, 0.717) is 23.7 Å². The number of benzene rings is 2. The van der Waals surface area contributed by atoms with Gasteiger partial charge in [0, 0.05) is 24.7 Å². The number of anilines is 2. The van der Waals surface area contributed by atoms with Gasteiger partial charge in [-0.25, -0.2) is 4.79 Å². The number of carbonyl (C=O) groups excluding carboxylic acids is 2. The zero-order chi connectivity index (χ0) is 19.4. The fraction of sp³-hybridized carbons (Fsp3) is 0.333. The first kappa shape index (κ1) is 18.8. The number of urea groups is 1. The van der Waals surface area contributed by atoms with E-state index in [9.17, 15) is 9.59 Å². The topological polar surface area (TPSA) is 70.7 Å². The highest BCUT2D eigenvalue weighted by Crippen LogP contribution is 2.25. The van der Waals surface area contributed by atoms with Gasteiger partial charge in [0.25, 0.3) is 0 Å². The smallest absolute Gasteiger partial charge is 0.323 e. The molecule has 0 saturated heterocycles. The monoisotopic (exact) mass is 367 g/mol. The molecular formula is C21H25N3O3.